The van der Waals surface area contributed by atoms with E-state index in [4.69, 9.17) is 18.9 Å². The molecule has 6 nitrogen and oxygen atoms in total. The van der Waals surface area contributed by atoms with Crippen molar-refractivity contribution in [3.8, 4) is 22.8 Å². The fourth-order valence-corrected chi connectivity index (χ4v) is 4.75. The first-order valence-electron chi connectivity index (χ1n) is 10.9. The SMILES string of the molecule is COc1cc2c(cc1OCC(F)F)C1CC(O)CCC1N=C2c1ccc(-c2cnco2)cc1. The minimum Gasteiger partial charge on any atom is -0.493 e. The second-order valence-corrected chi connectivity index (χ2v) is 8.35. The fourth-order valence-electron chi connectivity index (χ4n) is 4.75. The molecule has 0 spiro atoms. The van der Waals surface area contributed by atoms with Gasteiger partial charge in [0.05, 0.1) is 31.2 Å². The highest BCUT2D eigenvalue weighted by Gasteiger charge is 2.37. The van der Waals surface area contributed by atoms with E-state index >= 15 is 0 Å². The van der Waals surface area contributed by atoms with Gasteiger partial charge in [-0.3, -0.25) is 4.99 Å². The Balaban J connectivity index is 1.58. The molecule has 2 heterocycles. The number of aliphatic hydroxyl groups is 1. The molecule has 1 N–H and O–H groups in total. The number of hydrogen-bond acceptors (Lipinski definition) is 6. The number of oxazole rings is 1. The van der Waals surface area contributed by atoms with E-state index in [-0.39, 0.29) is 17.7 Å². The molecule has 1 aliphatic heterocycles. The average molecular weight is 454 g/mol. The van der Waals surface area contributed by atoms with Crippen LogP contribution in [0.1, 0.15) is 41.9 Å². The first-order chi connectivity index (χ1) is 16.0. The highest BCUT2D eigenvalue weighted by molar-refractivity contribution is 6.15. The summed E-state index contributed by atoms with van der Waals surface area (Å²) in [5.74, 6) is 1.31. The molecule has 1 aromatic heterocycles. The van der Waals surface area contributed by atoms with Gasteiger partial charge in [0, 0.05) is 22.6 Å². The summed E-state index contributed by atoms with van der Waals surface area (Å²) in [6, 6.07) is 11.4. The van der Waals surface area contributed by atoms with E-state index in [9.17, 15) is 13.9 Å². The van der Waals surface area contributed by atoms with Gasteiger partial charge in [-0.1, -0.05) is 24.3 Å². The number of halogens is 2. The van der Waals surface area contributed by atoms with Gasteiger partial charge in [0.15, 0.2) is 23.7 Å². The molecule has 0 radical (unpaired) electrons. The number of alkyl halides is 2. The minimum atomic E-state index is -2.59. The van der Waals surface area contributed by atoms with Gasteiger partial charge >= 0.3 is 0 Å². The number of ether oxygens (including phenoxy) is 2. The second kappa shape index (κ2) is 8.94. The van der Waals surface area contributed by atoms with E-state index in [1.807, 2.05) is 24.3 Å². The number of aromatic nitrogens is 1. The van der Waals surface area contributed by atoms with Crippen molar-refractivity contribution >= 4 is 5.71 Å². The van der Waals surface area contributed by atoms with Gasteiger partial charge in [0.2, 0.25) is 0 Å². The molecule has 5 rings (SSSR count). The van der Waals surface area contributed by atoms with E-state index in [0.717, 1.165) is 34.4 Å². The highest BCUT2D eigenvalue weighted by atomic mass is 19.3. The maximum absolute atomic E-state index is 12.8. The van der Waals surface area contributed by atoms with Gasteiger partial charge < -0.3 is 19.0 Å². The van der Waals surface area contributed by atoms with Crippen molar-refractivity contribution < 1.29 is 27.8 Å². The number of hydrogen-bond donors (Lipinski definition) is 1. The maximum Gasteiger partial charge on any atom is 0.272 e. The molecule has 3 unspecified atom stereocenters. The Morgan fingerprint density at radius 3 is 2.61 bits per heavy atom. The second-order valence-electron chi connectivity index (χ2n) is 8.35. The van der Waals surface area contributed by atoms with Crippen molar-refractivity contribution in [3.05, 3.63) is 65.7 Å². The van der Waals surface area contributed by atoms with Crippen LogP contribution in [0.3, 0.4) is 0 Å². The molecule has 3 aromatic rings. The van der Waals surface area contributed by atoms with Gasteiger partial charge in [0.25, 0.3) is 6.43 Å². The van der Waals surface area contributed by atoms with Crippen molar-refractivity contribution in [3.63, 3.8) is 0 Å². The highest BCUT2D eigenvalue weighted by Crippen LogP contribution is 2.45. The van der Waals surface area contributed by atoms with Crippen molar-refractivity contribution in [2.24, 2.45) is 4.99 Å². The number of rotatable bonds is 6. The topological polar surface area (TPSA) is 77.1 Å². The molecule has 172 valence electrons. The van der Waals surface area contributed by atoms with Crippen LogP contribution in [0.4, 0.5) is 8.78 Å². The minimum absolute atomic E-state index is 0.00111. The third-order valence-corrected chi connectivity index (χ3v) is 6.31. The van der Waals surface area contributed by atoms with Crippen LogP contribution in [0, 0.1) is 0 Å². The van der Waals surface area contributed by atoms with E-state index in [1.165, 1.54) is 13.5 Å². The summed E-state index contributed by atoms with van der Waals surface area (Å²) < 4.78 is 41.8. The third-order valence-electron chi connectivity index (χ3n) is 6.31. The van der Waals surface area contributed by atoms with Gasteiger partial charge in [-0.2, -0.15) is 0 Å². The van der Waals surface area contributed by atoms with Crippen LogP contribution in [0.2, 0.25) is 0 Å². The van der Waals surface area contributed by atoms with Crippen LogP contribution in [0.5, 0.6) is 11.5 Å². The number of methoxy groups -OCH3 is 1. The lowest BCUT2D eigenvalue weighted by Crippen LogP contribution is -2.34. The van der Waals surface area contributed by atoms with Gasteiger partial charge in [-0.05, 0) is 37.0 Å². The zero-order chi connectivity index (χ0) is 22.9. The quantitative estimate of drug-likeness (QED) is 0.577. The molecule has 1 fully saturated rings. The van der Waals surface area contributed by atoms with Gasteiger partial charge in [-0.25, -0.2) is 13.8 Å². The zero-order valence-electron chi connectivity index (χ0n) is 18.1. The largest absolute Gasteiger partial charge is 0.493 e. The van der Waals surface area contributed by atoms with Crippen LogP contribution in [-0.2, 0) is 0 Å². The van der Waals surface area contributed by atoms with Gasteiger partial charge in [0.1, 0.15) is 6.61 Å². The standard InChI is InChI=1S/C25H24F2N2O4/c1-31-21-10-19-17(9-22(21)32-12-24(26)27)18-8-16(30)6-7-20(18)29-25(19)15-4-2-14(3-5-15)23-11-28-13-33-23/h2-5,9-11,13,16,18,20,24,30H,6-8,12H2,1H3. The fraction of sp³-hybridized carbons (Fsp3) is 0.360. The molecule has 1 saturated carbocycles. The number of nitrogens with zero attached hydrogens (tertiary/aromatic N) is 2. The van der Waals surface area contributed by atoms with Crippen molar-refractivity contribution in [1.29, 1.82) is 0 Å². The predicted octanol–water partition coefficient (Wildman–Crippen LogP) is 4.84. The Morgan fingerprint density at radius 2 is 1.91 bits per heavy atom. The van der Waals surface area contributed by atoms with Crippen molar-refractivity contribution in [2.75, 3.05) is 13.7 Å². The summed E-state index contributed by atoms with van der Waals surface area (Å²) in [5, 5.41) is 10.3. The molecule has 1 aliphatic carbocycles. The molecule has 2 aliphatic rings. The Labute approximate surface area is 189 Å². The lowest BCUT2D eigenvalue weighted by Gasteiger charge is -2.37. The Bertz CT molecular complexity index is 1150. The molecule has 0 saturated heterocycles. The summed E-state index contributed by atoms with van der Waals surface area (Å²) in [7, 11) is 1.48. The maximum atomic E-state index is 12.8. The van der Waals surface area contributed by atoms with Crippen LogP contribution in [0.15, 0.2) is 58.4 Å². The zero-order valence-corrected chi connectivity index (χ0v) is 18.1. The Morgan fingerprint density at radius 1 is 1.12 bits per heavy atom. The molecule has 0 bridgehead atoms. The van der Waals surface area contributed by atoms with E-state index < -0.39 is 19.1 Å². The number of aliphatic imine (C=N–C) groups is 1. The number of aliphatic hydroxyl groups excluding tert-OH is 1. The Kier molecular flexibility index (Phi) is 5.85. The summed E-state index contributed by atoms with van der Waals surface area (Å²) in [6.45, 7) is -0.712. The van der Waals surface area contributed by atoms with E-state index in [2.05, 4.69) is 4.98 Å². The van der Waals surface area contributed by atoms with Crippen LogP contribution < -0.4 is 9.47 Å². The summed E-state index contributed by atoms with van der Waals surface area (Å²) in [5.41, 5.74) is 4.44. The normalized spacial score (nSPS) is 21.8. The third kappa shape index (κ3) is 4.23. The molecule has 0 amide bonds. The molecular weight excluding hydrogens is 430 g/mol. The summed E-state index contributed by atoms with van der Waals surface area (Å²) in [4.78, 5) is 9.04. The van der Waals surface area contributed by atoms with Gasteiger partial charge in [-0.15, -0.1) is 0 Å². The number of fused-ring (bicyclic) bond motifs is 3. The first kappa shape index (κ1) is 21.6. The molecule has 8 heteroatoms. The molecule has 3 atom stereocenters. The van der Waals surface area contributed by atoms with Crippen molar-refractivity contribution in [1.82, 2.24) is 4.98 Å². The smallest absolute Gasteiger partial charge is 0.272 e. The monoisotopic (exact) mass is 454 g/mol. The van der Waals surface area contributed by atoms with E-state index in [1.54, 1.807) is 18.3 Å². The summed E-state index contributed by atoms with van der Waals surface area (Å²) >= 11 is 0. The number of benzene rings is 2. The van der Waals surface area contributed by atoms with Crippen LogP contribution in [0.25, 0.3) is 11.3 Å². The predicted molar refractivity (Wildman–Crippen MR) is 118 cm³/mol. The van der Waals surface area contributed by atoms with E-state index in [0.29, 0.717) is 24.4 Å². The molecular formula is C25H24F2N2O4. The lowest BCUT2D eigenvalue weighted by molar-refractivity contribution is 0.0802. The summed E-state index contributed by atoms with van der Waals surface area (Å²) in [6.07, 6.45) is 2.06. The first-order valence-corrected chi connectivity index (χ1v) is 10.9. The Hall–Kier alpha value is -3.26. The average Bonchev–Trinajstić information content (AvgIpc) is 3.37. The molecule has 33 heavy (non-hydrogen) atoms. The lowest BCUT2D eigenvalue weighted by atomic mass is 9.74. The molecule has 2 aromatic carbocycles. The van der Waals surface area contributed by atoms with Crippen LogP contribution in [-0.4, -0.2) is 48.1 Å². The van der Waals surface area contributed by atoms with Crippen molar-refractivity contribution in [2.45, 2.75) is 43.8 Å². The van der Waals surface area contributed by atoms with Crippen LogP contribution >= 0.6 is 0 Å².